The highest BCUT2D eigenvalue weighted by Crippen LogP contribution is 2.22. The lowest BCUT2D eigenvalue weighted by Crippen LogP contribution is -2.23. The first-order valence-corrected chi connectivity index (χ1v) is 7.18. The number of pyridine rings is 1. The van der Waals surface area contributed by atoms with Crippen LogP contribution in [-0.4, -0.2) is 24.6 Å². The van der Waals surface area contributed by atoms with Crippen molar-refractivity contribution < 1.29 is 0 Å². The van der Waals surface area contributed by atoms with Gasteiger partial charge in [-0.15, -0.1) is 0 Å². The smallest absolute Gasteiger partial charge is 0.0595 e. The van der Waals surface area contributed by atoms with Crippen molar-refractivity contribution in [1.82, 2.24) is 10.3 Å². The molecule has 1 aromatic rings. The molecule has 1 heterocycles. The highest BCUT2D eigenvalue weighted by atomic mass is 15.1. The van der Waals surface area contributed by atoms with Gasteiger partial charge in [0, 0.05) is 32.4 Å². The van der Waals surface area contributed by atoms with Crippen molar-refractivity contribution in [2.24, 2.45) is 0 Å². The summed E-state index contributed by atoms with van der Waals surface area (Å²) in [5, 5.41) is 3.58. The van der Waals surface area contributed by atoms with Gasteiger partial charge in [0.15, 0.2) is 0 Å². The van der Waals surface area contributed by atoms with Crippen molar-refractivity contribution in [1.29, 1.82) is 0 Å². The molecule has 1 fully saturated rings. The molecule has 2 rings (SSSR count). The second kappa shape index (κ2) is 6.74. The third-order valence-corrected chi connectivity index (χ3v) is 3.55. The summed E-state index contributed by atoms with van der Waals surface area (Å²) in [6.07, 6.45) is 10.4. The Morgan fingerprint density at radius 3 is 2.94 bits per heavy atom. The van der Waals surface area contributed by atoms with E-state index >= 15 is 0 Å². The molecule has 0 aromatic carbocycles. The third-order valence-electron chi connectivity index (χ3n) is 3.55. The Balaban J connectivity index is 1.91. The van der Waals surface area contributed by atoms with E-state index in [1.54, 1.807) is 0 Å². The van der Waals surface area contributed by atoms with E-state index in [9.17, 15) is 0 Å². The molecule has 0 unspecified atom stereocenters. The lowest BCUT2D eigenvalue weighted by atomic mass is 10.2. The summed E-state index contributed by atoms with van der Waals surface area (Å²) < 4.78 is 0. The van der Waals surface area contributed by atoms with Crippen molar-refractivity contribution in [2.75, 3.05) is 18.5 Å². The molecule has 0 atom stereocenters. The van der Waals surface area contributed by atoms with Gasteiger partial charge >= 0.3 is 0 Å². The molecule has 3 nitrogen and oxygen atoms in total. The maximum absolute atomic E-state index is 4.27. The fourth-order valence-corrected chi connectivity index (χ4v) is 2.17. The van der Waals surface area contributed by atoms with Crippen molar-refractivity contribution in [2.45, 2.75) is 51.6 Å². The molecular weight excluding hydrogens is 222 g/mol. The highest BCUT2D eigenvalue weighted by molar-refractivity contribution is 5.50. The zero-order valence-corrected chi connectivity index (χ0v) is 11.7. The molecular formula is C15H25N3. The molecule has 0 spiro atoms. The van der Waals surface area contributed by atoms with Gasteiger partial charge in [0.1, 0.15) is 0 Å². The second-order valence-corrected chi connectivity index (χ2v) is 5.29. The van der Waals surface area contributed by atoms with Crippen LogP contribution in [0.2, 0.25) is 0 Å². The van der Waals surface area contributed by atoms with Crippen LogP contribution in [-0.2, 0) is 6.54 Å². The minimum absolute atomic E-state index is 0.761. The Morgan fingerprint density at radius 1 is 1.39 bits per heavy atom. The minimum Gasteiger partial charge on any atom is -0.373 e. The third kappa shape index (κ3) is 3.98. The highest BCUT2D eigenvalue weighted by Gasteiger charge is 2.20. The molecule has 1 aromatic heterocycles. The van der Waals surface area contributed by atoms with Crippen LogP contribution in [0.1, 0.15) is 44.6 Å². The summed E-state index contributed by atoms with van der Waals surface area (Å²) in [7, 11) is 2.17. The molecule has 0 saturated heterocycles. The number of hydrogen-bond acceptors (Lipinski definition) is 3. The zero-order valence-electron chi connectivity index (χ0n) is 11.7. The number of nitrogens with zero attached hydrogens (tertiary/aromatic N) is 2. The molecule has 1 aliphatic carbocycles. The number of unbranched alkanes of at least 4 members (excludes halogenated alkanes) is 2. The quantitative estimate of drug-likeness (QED) is 0.716. The molecule has 0 amide bonds. The molecule has 1 saturated carbocycles. The lowest BCUT2D eigenvalue weighted by molar-refractivity contribution is 0.676. The number of nitrogens with one attached hydrogen (secondary N) is 1. The van der Waals surface area contributed by atoms with Crippen LogP contribution in [0.4, 0.5) is 5.69 Å². The summed E-state index contributed by atoms with van der Waals surface area (Å²) in [6.45, 7) is 4.34. The van der Waals surface area contributed by atoms with Gasteiger partial charge in [0.2, 0.25) is 0 Å². The van der Waals surface area contributed by atoms with Crippen LogP contribution in [0.15, 0.2) is 18.5 Å². The standard InChI is InChI=1S/C15H25N3/c1-3-4-5-10-18(2)15-12-16-9-8-13(15)11-17-14-6-7-14/h8-9,12,14,17H,3-7,10-11H2,1-2H3. The molecule has 100 valence electrons. The largest absolute Gasteiger partial charge is 0.373 e. The van der Waals surface area contributed by atoms with Crippen LogP contribution in [0.5, 0.6) is 0 Å². The zero-order chi connectivity index (χ0) is 12.8. The Morgan fingerprint density at radius 2 is 2.22 bits per heavy atom. The predicted molar refractivity (Wildman–Crippen MR) is 76.9 cm³/mol. The van der Waals surface area contributed by atoms with Crippen molar-refractivity contribution in [3.63, 3.8) is 0 Å². The predicted octanol–water partition coefficient (Wildman–Crippen LogP) is 2.96. The van der Waals surface area contributed by atoms with Crippen LogP contribution >= 0.6 is 0 Å². The Labute approximate surface area is 111 Å². The maximum Gasteiger partial charge on any atom is 0.0595 e. The fraction of sp³-hybridized carbons (Fsp3) is 0.667. The summed E-state index contributed by atoms with van der Waals surface area (Å²) in [5.41, 5.74) is 2.65. The monoisotopic (exact) mass is 247 g/mol. The molecule has 0 aliphatic heterocycles. The molecule has 0 radical (unpaired) electrons. The Kier molecular flexibility index (Phi) is 5.00. The van der Waals surface area contributed by atoms with Crippen molar-refractivity contribution >= 4 is 5.69 Å². The van der Waals surface area contributed by atoms with Crippen molar-refractivity contribution in [3.8, 4) is 0 Å². The first-order valence-electron chi connectivity index (χ1n) is 7.18. The van der Waals surface area contributed by atoms with E-state index < -0.39 is 0 Å². The summed E-state index contributed by atoms with van der Waals surface area (Å²) in [5.74, 6) is 0. The first kappa shape index (κ1) is 13.3. The Hall–Kier alpha value is -1.09. The molecule has 3 heteroatoms. The van der Waals surface area contributed by atoms with Crippen LogP contribution in [0.25, 0.3) is 0 Å². The topological polar surface area (TPSA) is 28.2 Å². The van der Waals surface area contributed by atoms with Gasteiger partial charge in [-0.25, -0.2) is 0 Å². The first-order chi connectivity index (χ1) is 8.81. The van der Waals surface area contributed by atoms with Crippen LogP contribution in [0.3, 0.4) is 0 Å². The van der Waals surface area contributed by atoms with Gasteiger partial charge in [0.25, 0.3) is 0 Å². The number of anilines is 1. The Bertz CT molecular complexity index is 361. The van der Waals surface area contributed by atoms with E-state index in [0.717, 1.165) is 19.1 Å². The van der Waals surface area contributed by atoms with Gasteiger partial charge in [0.05, 0.1) is 11.9 Å². The SMILES string of the molecule is CCCCCN(C)c1cnccc1CNC1CC1. The maximum atomic E-state index is 4.27. The van der Waals surface area contributed by atoms with Gasteiger partial charge in [-0.3, -0.25) is 4.98 Å². The normalized spacial score (nSPS) is 14.8. The summed E-state index contributed by atoms with van der Waals surface area (Å²) in [4.78, 5) is 6.61. The molecule has 0 bridgehead atoms. The lowest BCUT2D eigenvalue weighted by Gasteiger charge is -2.22. The van der Waals surface area contributed by atoms with Gasteiger partial charge in [-0.1, -0.05) is 19.8 Å². The second-order valence-electron chi connectivity index (χ2n) is 5.29. The minimum atomic E-state index is 0.761. The number of rotatable bonds is 8. The van der Waals surface area contributed by atoms with E-state index in [0.29, 0.717) is 0 Å². The average Bonchev–Trinajstić information content (AvgIpc) is 3.21. The summed E-state index contributed by atoms with van der Waals surface area (Å²) >= 11 is 0. The van der Waals surface area contributed by atoms with E-state index in [4.69, 9.17) is 0 Å². The number of hydrogen-bond donors (Lipinski definition) is 1. The molecule has 1 aliphatic rings. The molecule has 18 heavy (non-hydrogen) atoms. The fourth-order valence-electron chi connectivity index (χ4n) is 2.17. The average molecular weight is 247 g/mol. The van der Waals surface area contributed by atoms with Crippen LogP contribution < -0.4 is 10.2 Å². The van der Waals surface area contributed by atoms with E-state index in [-0.39, 0.29) is 0 Å². The van der Waals surface area contributed by atoms with Gasteiger partial charge < -0.3 is 10.2 Å². The van der Waals surface area contributed by atoms with Gasteiger partial charge in [-0.2, -0.15) is 0 Å². The van der Waals surface area contributed by atoms with Gasteiger partial charge in [-0.05, 0) is 30.9 Å². The van der Waals surface area contributed by atoms with E-state index in [1.807, 2.05) is 12.4 Å². The molecule has 1 N–H and O–H groups in total. The van der Waals surface area contributed by atoms with Crippen LogP contribution in [0, 0.1) is 0 Å². The number of aromatic nitrogens is 1. The summed E-state index contributed by atoms with van der Waals surface area (Å²) in [6, 6.07) is 2.90. The van der Waals surface area contributed by atoms with Crippen molar-refractivity contribution in [3.05, 3.63) is 24.0 Å². The van der Waals surface area contributed by atoms with E-state index in [1.165, 1.54) is 43.4 Å². The van der Waals surface area contributed by atoms with E-state index in [2.05, 4.69) is 35.2 Å².